The van der Waals surface area contributed by atoms with E-state index in [2.05, 4.69) is 0 Å². The first-order chi connectivity index (χ1) is 14.0. The SMILES string of the molecule is CCc1ccccc1-n1c(=O)c2cc(C)ccc2n(CC(=O)N2CCCC2)c1=O. The third-order valence-corrected chi connectivity index (χ3v) is 5.66. The largest absolute Gasteiger partial charge is 0.341 e. The van der Waals surface area contributed by atoms with Crippen LogP contribution in [0.25, 0.3) is 16.6 Å². The summed E-state index contributed by atoms with van der Waals surface area (Å²) in [5.41, 5.74) is 2.11. The summed E-state index contributed by atoms with van der Waals surface area (Å²) in [6.45, 7) is 5.29. The summed E-state index contributed by atoms with van der Waals surface area (Å²) in [5.74, 6) is -0.0829. The summed E-state index contributed by atoms with van der Waals surface area (Å²) in [5, 5.41) is 0.449. The Morgan fingerprint density at radius 2 is 1.76 bits per heavy atom. The molecule has 0 N–H and O–H groups in total. The second-order valence-corrected chi connectivity index (χ2v) is 7.60. The van der Waals surface area contributed by atoms with Gasteiger partial charge in [0, 0.05) is 13.1 Å². The van der Waals surface area contributed by atoms with E-state index >= 15 is 0 Å². The van der Waals surface area contributed by atoms with Crippen LogP contribution in [0.3, 0.4) is 0 Å². The predicted molar refractivity (Wildman–Crippen MR) is 114 cm³/mol. The highest BCUT2D eigenvalue weighted by Gasteiger charge is 2.22. The Morgan fingerprint density at radius 3 is 2.48 bits per heavy atom. The van der Waals surface area contributed by atoms with Crippen LogP contribution in [-0.2, 0) is 17.8 Å². The van der Waals surface area contributed by atoms with Crippen molar-refractivity contribution in [3.63, 3.8) is 0 Å². The van der Waals surface area contributed by atoms with Gasteiger partial charge >= 0.3 is 5.69 Å². The maximum absolute atomic E-state index is 13.5. The summed E-state index contributed by atoms with van der Waals surface area (Å²) in [6, 6.07) is 12.8. The van der Waals surface area contributed by atoms with Crippen molar-refractivity contribution in [2.24, 2.45) is 0 Å². The molecule has 29 heavy (non-hydrogen) atoms. The van der Waals surface area contributed by atoms with Crippen molar-refractivity contribution in [1.29, 1.82) is 0 Å². The number of benzene rings is 2. The van der Waals surface area contributed by atoms with Gasteiger partial charge in [-0.05, 0) is 49.9 Å². The number of rotatable bonds is 4. The maximum Gasteiger partial charge on any atom is 0.336 e. The fraction of sp³-hybridized carbons (Fsp3) is 0.348. The molecule has 1 amide bonds. The van der Waals surface area contributed by atoms with Crippen LogP contribution in [-0.4, -0.2) is 33.0 Å². The summed E-state index contributed by atoms with van der Waals surface area (Å²) in [7, 11) is 0. The molecule has 150 valence electrons. The van der Waals surface area contributed by atoms with Crippen molar-refractivity contribution < 1.29 is 4.79 Å². The molecule has 2 heterocycles. The van der Waals surface area contributed by atoms with Gasteiger partial charge in [0.1, 0.15) is 6.54 Å². The number of carbonyl (C=O) groups is 1. The molecule has 1 aliphatic rings. The highest BCUT2D eigenvalue weighted by atomic mass is 16.2. The number of para-hydroxylation sites is 1. The predicted octanol–water partition coefficient (Wildman–Crippen LogP) is 2.65. The Kier molecular flexibility index (Phi) is 5.09. The Labute approximate surface area is 169 Å². The van der Waals surface area contributed by atoms with Crippen LogP contribution < -0.4 is 11.2 Å². The molecule has 0 bridgehead atoms. The number of amides is 1. The summed E-state index contributed by atoms with van der Waals surface area (Å²) in [4.78, 5) is 41.4. The van der Waals surface area contributed by atoms with Gasteiger partial charge in [-0.25, -0.2) is 9.36 Å². The van der Waals surface area contributed by atoms with Crippen LogP contribution in [0.5, 0.6) is 0 Å². The van der Waals surface area contributed by atoms with Crippen molar-refractivity contribution >= 4 is 16.8 Å². The van der Waals surface area contributed by atoms with Gasteiger partial charge < -0.3 is 4.90 Å². The van der Waals surface area contributed by atoms with E-state index in [0.717, 1.165) is 37.1 Å². The van der Waals surface area contributed by atoms with Gasteiger partial charge in [0.25, 0.3) is 5.56 Å². The first kappa shape index (κ1) is 19.2. The second kappa shape index (κ2) is 7.70. The molecule has 6 heteroatoms. The van der Waals surface area contributed by atoms with E-state index in [4.69, 9.17) is 0 Å². The molecule has 1 aliphatic heterocycles. The zero-order chi connectivity index (χ0) is 20.5. The molecule has 0 unspecified atom stereocenters. The van der Waals surface area contributed by atoms with E-state index in [1.165, 1.54) is 9.13 Å². The molecule has 1 fully saturated rings. The van der Waals surface area contributed by atoms with Crippen LogP contribution >= 0.6 is 0 Å². The molecule has 1 saturated heterocycles. The lowest BCUT2D eigenvalue weighted by molar-refractivity contribution is -0.130. The molecule has 0 spiro atoms. The number of aromatic nitrogens is 2. The molecular formula is C23H25N3O3. The van der Waals surface area contributed by atoms with Crippen LogP contribution in [0.15, 0.2) is 52.1 Å². The average molecular weight is 391 g/mol. The zero-order valence-corrected chi connectivity index (χ0v) is 16.9. The first-order valence-corrected chi connectivity index (χ1v) is 10.1. The fourth-order valence-electron chi connectivity index (χ4n) is 4.08. The molecular weight excluding hydrogens is 366 g/mol. The molecule has 0 aliphatic carbocycles. The van der Waals surface area contributed by atoms with Crippen LogP contribution in [0.4, 0.5) is 0 Å². The second-order valence-electron chi connectivity index (χ2n) is 7.60. The smallest absolute Gasteiger partial charge is 0.336 e. The van der Waals surface area contributed by atoms with Crippen LogP contribution in [0.1, 0.15) is 30.9 Å². The minimum absolute atomic E-state index is 0.0625. The van der Waals surface area contributed by atoms with Crippen molar-refractivity contribution in [3.8, 4) is 5.69 Å². The van der Waals surface area contributed by atoms with Crippen molar-refractivity contribution in [3.05, 3.63) is 74.4 Å². The van der Waals surface area contributed by atoms with Gasteiger partial charge in [-0.15, -0.1) is 0 Å². The third-order valence-electron chi connectivity index (χ3n) is 5.66. The molecule has 6 nitrogen and oxygen atoms in total. The molecule has 3 aromatic rings. The van der Waals surface area contributed by atoms with E-state index in [1.807, 2.05) is 38.1 Å². The number of aryl methyl sites for hydroxylation is 2. The minimum Gasteiger partial charge on any atom is -0.341 e. The minimum atomic E-state index is -0.472. The third kappa shape index (κ3) is 3.39. The number of carbonyl (C=O) groups excluding carboxylic acids is 1. The van der Waals surface area contributed by atoms with Gasteiger partial charge in [0.15, 0.2) is 0 Å². The van der Waals surface area contributed by atoms with Gasteiger partial charge in [-0.2, -0.15) is 0 Å². The van der Waals surface area contributed by atoms with E-state index in [-0.39, 0.29) is 18.0 Å². The lowest BCUT2D eigenvalue weighted by atomic mass is 10.1. The first-order valence-electron chi connectivity index (χ1n) is 10.1. The summed E-state index contributed by atoms with van der Waals surface area (Å²) in [6.07, 6.45) is 2.68. The van der Waals surface area contributed by atoms with Gasteiger partial charge in [-0.3, -0.25) is 14.2 Å². The summed E-state index contributed by atoms with van der Waals surface area (Å²) >= 11 is 0. The standard InChI is InChI=1S/C23H25N3O3/c1-3-17-8-4-5-9-19(17)26-22(28)18-14-16(2)10-11-20(18)25(23(26)29)15-21(27)24-12-6-7-13-24/h4-5,8-11,14H,3,6-7,12-13,15H2,1-2H3. The molecule has 4 rings (SSSR count). The lowest BCUT2D eigenvalue weighted by Crippen LogP contribution is -2.42. The molecule has 0 radical (unpaired) electrons. The highest BCUT2D eigenvalue weighted by Crippen LogP contribution is 2.16. The Hall–Kier alpha value is -3.15. The van der Waals surface area contributed by atoms with E-state index < -0.39 is 5.69 Å². The quantitative estimate of drug-likeness (QED) is 0.687. The summed E-state index contributed by atoms with van der Waals surface area (Å²) < 4.78 is 2.67. The normalized spacial score (nSPS) is 13.9. The topological polar surface area (TPSA) is 64.3 Å². The van der Waals surface area contributed by atoms with Crippen molar-refractivity contribution in [2.45, 2.75) is 39.7 Å². The molecule has 0 atom stereocenters. The number of hydrogen-bond donors (Lipinski definition) is 0. The number of hydrogen-bond acceptors (Lipinski definition) is 3. The van der Waals surface area contributed by atoms with Gasteiger partial charge in [0.2, 0.25) is 5.91 Å². The van der Waals surface area contributed by atoms with Gasteiger partial charge in [-0.1, -0.05) is 36.8 Å². The average Bonchev–Trinajstić information content (AvgIpc) is 3.27. The Balaban J connectivity index is 1.98. The molecule has 1 aromatic heterocycles. The zero-order valence-electron chi connectivity index (χ0n) is 16.9. The highest BCUT2D eigenvalue weighted by molar-refractivity contribution is 5.82. The molecule has 2 aromatic carbocycles. The number of fused-ring (bicyclic) bond motifs is 1. The Morgan fingerprint density at radius 1 is 1.03 bits per heavy atom. The number of likely N-dealkylation sites (tertiary alicyclic amines) is 1. The van der Waals surface area contributed by atoms with E-state index in [0.29, 0.717) is 23.0 Å². The Bertz CT molecular complexity index is 1200. The van der Waals surface area contributed by atoms with Gasteiger partial charge in [0.05, 0.1) is 16.6 Å². The van der Waals surface area contributed by atoms with E-state index in [1.54, 1.807) is 23.1 Å². The van der Waals surface area contributed by atoms with Crippen molar-refractivity contribution in [1.82, 2.24) is 14.0 Å². The monoisotopic (exact) mass is 391 g/mol. The lowest BCUT2D eigenvalue weighted by Gasteiger charge is -2.19. The van der Waals surface area contributed by atoms with Crippen molar-refractivity contribution in [2.75, 3.05) is 13.1 Å². The van der Waals surface area contributed by atoms with E-state index in [9.17, 15) is 14.4 Å². The molecule has 0 saturated carbocycles. The van der Waals surface area contributed by atoms with Crippen LogP contribution in [0.2, 0.25) is 0 Å². The van der Waals surface area contributed by atoms with Crippen LogP contribution in [0, 0.1) is 6.92 Å². The number of nitrogens with zero attached hydrogens (tertiary/aromatic N) is 3. The maximum atomic E-state index is 13.5. The fourth-order valence-corrected chi connectivity index (χ4v) is 4.08.